The van der Waals surface area contributed by atoms with Gasteiger partial charge in [0.25, 0.3) is 0 Å². The lowest BCUT2D eigenvalue weighted by Gasteiger charge is -2.22. The SMILES string of the molecule is CCCNCc1ccccc1OCCOC1CCCCC1. The molecule has 0 spiro atoms. The number of nitrogens with one attached hydrogen (secondary N) is 1. The zero-order valence-electron chi connectivity index (χ0n) is 13.3. The third-order valence-corrected chi connectivity index (χ3v) is 3.96. The fraction of sp³-hybridized carbons (Fsp3) is 0.667. The van der Waals surface area contributed by atoms with Crippen LogP contribution < -0.4 is 10.1 Å². The Morgan fingerprint density at radius 1 is 1.10 bits per heavy atom. The Kier molecular flexibility index (Phi) is 7.61. The van der Waals surface area contributed by atoms with E-state index < -0.39 is 0 Å². The summed E-state index contributed by atoms with van der Waals surface area (Å²) in [7, 11) is 0. The van der Waals surface area contributed by atoms with Crippen LogP contribution in [0.3, 0.4) is 0 Å². The second-order valence-corrected chi connectivity index (χ2v) is 5.76. The molecule has 0 heterocycles. The molecule has 118 valence electrons. The Morgan fingerprint density at radius 2 is 1.90 bits per heavy atom. The average Bonchev–Trinajstić information content (AvgIpc) is 2.54. The van der Waals surface area contributed by atoms with Crippen molar-refractivity contribution < 1.29 is 9.47 Å². The quantitative estimate of drug-likeness (QED) is 0.700. The van der Waals surface area contributed by atoms with Crippen LogP contribution in [0.1, 0.15) is 51.0 Å². The molecule has 3 heteroatoms. The van der Waals surface area contributed by atoms with Crippen molar-refractivity contribution in [3.05, 3.63) is 29.8 Å². The van der Waals surface area contributed by atoms with Crippen LogP contribution in [0, 0.1) is 0 Å². The van der Waals surface area contributed by atoms with E-state index in [1.807, 2.05) is 12.1 Å². The van der Waals surface area contributed by atoms with Crippen LogP contribution in [0.2, 0.25) is 0 Å². The highest BCUT2D eigenvalue weighted by Crippen LogP contribution is 2.21. The van der Waals surface area contributed by atoms with Gasteiger partial charge in [-0.05, 0) is 31.9 Å². The summed E-state index contributed by atoms with van der Waals surface area (Å²) in [5, 5.41) is 3.42. The molecule has 1 aliphatic carbocycles. The van der Waals surface area contributed by atoms with E-state index in [2.05, 4.69) is 24.4 Å². The number of hydrogen-bond acceptors (Lipinski definition) is 3. The van der Waals surface area contributed by atoms with Gasteiger partial charge in [-0.1, -0.05) is 44.4 Å². The topological polar surface area (TPSA) is 30.5 Å². The summed E-state index contributed by atoms with van der Waals surface area (Å²) in [5.41, 5.74) is 1.23. The van der Waals surface area contributed by atoms with Gasteiger partial charge in [0.2, 0.25) is 0 Å². The van der Waals surface area contributed by atoms with E-state index in [1.165, 1.54) is 37.7 Å². The van der Waals surface area contributed by atoms with Crippen molar-refractivity contribution in [3.8, 4) is 5.75 Å². The highest BCUT2D eigenvalue weighted by molar-refractivity contribution is 5.33. The maximum absolute atomic E-state index is 5.90. The Hall–Kier alpha value is -1.06. The molecule has 1 saturated carbocycles. The lowest BCUT2D eigenvalue weighted by molar-refractivity contribution is 0.0128. The van der Waals surface area contributed by atoms with Gasteiger partial charge in [-0.25, -0.2) is 0 Å². The van der Waals surface area contributed by atoms with E-state index >= 15 is 0 Å². The van der Waals surface area contributed by atoms with Crippen LogP contribution in [-0.2, 0) is 11.3 Å². The van der Waals surface area contributed by atoms with Crippen molar-refractivity contribution in [2.24, 2.45) is 0 Å². The molecule has 0 saturated heterocycles. The molecule has 2 rings (SSSR count). The molecule has 3 nitrogen and oxygen atoms in total. The van der Waals surface area contributed by atoms with Gasteiger partial charge in [-0.2, -0.15) is 0 Å². The summed E-state index contributed by atoms with van der Waals surface area (Å²) < 4.78 is 11.8. The summed E-state index contributed by atoms with van der Waals surface area (Å²) >= 11 is 0. The van der Waals surface area contributed by atoms with Crippen molar-refractivity contribution in [1.29, 1.82) is 0 Å². The van der Waals surface area contributed by atoms with Crippen molar-refractivity contribution in [2.45, 2.75) is 58.1 Å². The van der Waals surface area contributed by atoms with Crippen LogP contribution in [0.25, 0.3) is 0 Å². The van der Waals surface area contributed by atoms with Crippen LogP contribution >= 0.6 is 0 Å². The zero-order chi connectivity index (χ0) is 14.8. The number of benzene rings is 1. The molecule has 0 aliphatic heterocycles. The molecule has 21 heavy (non-hydrogen) atoms. The zero-order valence-corrected chi connectivity index (χ0v) is 13.3. The van der Waals surface area contributed by atoms with Crippen molar-refractivity contribution in [1.82, 2.24) is 5.32 Å². The minimum absolute atomic E-state index is 0.462. The fourth-order valence-corrected chi connectivity index (χ4v) is 2.79. The third kappa shape index (κ3) is 6.06. The smallest absolute Gasteiger partial charge is 0.123 e. The lowest BCUT2D eigenvalue weighted by Crippen LogP contribution is -2.20. The van der Waals surface area contributed by atoms with Gasteiger partial charge in [-0.3, -0.25) is 0 Å². The van der Waals surface area contributed by atoms with Crippen LogP contribution in [0.15, 0.2) is 24.3 Å². The van der Waals surface area contributed by atoms with Crippen LogP contribution in [0.5, 0.6) is 5.75 Å². The first kappa shape index (κ1) is 16.3. The number of hydrogen-bond donors (Lipinski definition) is 1. The summed E-state index contributed by atoms with van der Waals surface area (Å²) in [6, 6.07) is 8.26. The summed E-state index contributed by atoms with van der Waals surface area (Å²) in [6.45, 7) is 5.42. The fourth-order valence-electron chi connectivity index (χ4n) is 2.79. The minimum Gasteiger partial charge on any atom is -0.491 e. The van der Waals surface area contributed by atoms with Crippen molar-refractivity contribution in [3.63, 3.8) is 0 Å². The second kappa shape index (κ2) is 9.80. The first-order valence-corrected chi connectivity index (χ1v) is 8.43. The molecule has 0 amide bonds. The van der Waals surface area contributed by atoms with E-state index in [4.69, 9.17) is 9.47 Å². The molecule has 1 aliphatic rings. The molecular weight excluding hydrogens is 262 g/mol. The lowest BCUT2D eigenvalue weighted by atomic mass is 9.98. The van der Waals surface area contributed by atoms with Gasteiger partial charge >= 0.3 is 0 Å². The number of para-hydroxylation sites is 1. The third-order valence-electron chi connectivity index (χ3n) is 3.96. The van der Waals surface area contributed by atoms with E-state index in [1.54, 1.807) is 0 Å². The summed E-state index contributed by atoms with van der Waals surface area (Å²) in [6.07, 6.45) is 8.06. The normalized spacial score (nSPS) is 16.0. The van der Waals surface area contributed by atoms with Gasteiger partial charge < -0.3 is 14.8 Å². The van der Waals surface area contributed by atoms with Crippen LogP contribution in [-0.4, -0.2) is 25.9 Å². The first-order valence-electron chi connectivity index (χ1n) is 8.43. The van der Waals surface area contributed by atoms with Crippen molar-refractivity contribution >= 4 is 0 Å². The van der Waals surface area contributed by atoms with Gasteiger partial charge in [0, 0.05) is 12.1 Å². The maximum atomic E-state index is 5.90. The Balaban J connectivity index is 1.69. The average molecular weight is 291 g/mol. The summed E-state index contributed by atoms with van der Waals surface area (Å²) in [4.78, 5) is 0. The van der Waals surface area contributed by atoms with E-state index in [9.17, 15) is 0 Å². The molecule has 1 aromatic rings. The standard InChI is InChI=1S/C18H29NO2/c1-2-12-19-15-16-8-6-7-11-18(16)21-14-13-20-17-9-4-3-5-10-17/h6-8,11,17,19H,2-5,9-10,12-15H2,1H3. The Morgan fingerprint density at radius 3 is 2.71 bits per heavy atom. The molecular formula is C18H29NO2. The number of rotatable bonds is 9. The minimum atomic E-state index is 0.462. The largest absolute Gasteiger partial charge is 0.491 e. The molecule has 0 radical (unpaired) electrons. The van der Waals surface area contributed by atoms with Gasteiger partial charge in [0.15, 0.2) is 0 Å². The van der Waals surface area contributed by atoms with Gasteiger partial charge in [-0.15, -0.1) is 0 Å². The predicted octanol–water partition coefficient (Wildman–Crippen LogP) is 3.91. The van der Waals surface area contributed by atoms with Crippen LogP contribution in [0.4, 0.5) is 0 Å². The first-order chi connectivity index (χ1) is 10.4. The molecule has 1 aromatic carbocycles. The molecule has 0 aromatic heterocycles. The maximum Gasteiger partial charge on any atom is 0.123 e. The predicted molar refractivity (Wildman–Crippen MR) is 86.8 cm³/mol. The Bertz CT molecular complexity index is 389. The molecule has 0 atom stereocenters. The number of ether oxygens (including phenoxy) is 2. The Labute approximate surface area is 129 Å². The van der Waals surface area contributed by atoms with Gasteiger partial charge in [0.05, 0.1) is 12.7 Å². The highest BCUT2D eigenvalue weighted by Gasteiger charge is 2.13. The van der Waals surface area contributed by atoms with E-state index in [0.717, 1.165) is 25.3 Å². The van der Waals surface area contributed by atoms with Gasteiger partial charge in [0.1, 0.15) is 12.4 Å². The summed E-state index contributed by atoms with van der Waals surface area (Å²) in [5.74, 6) is 0.980. The monoisotopic (exact) mass is 291 g/mol. The van der Waals surface area contributed by atoms with E-state index in [0.29, 0.717) is 19.3 Å². The molecule has 0 bridgehead atoms. The molecule has 1 N–H and O–H groups in total. The second-order valence-electron chi connectivity index (χ2n) is 5.76. The highest BCUT2D eigenvalue weighted by atomic mass is 16.5. The molecule has 1 fully saturated rings. The van der Waals surface area contributed by atoms with E-state index in [-0.39, 0.29) is 0 Å². The molecule has 0 unspecified atom stereocenters. The van der Waals surface area contributed by atoms with Crippen molar-refractivity contribution in [2.75, 3.05) is 19.8 Å².